The summed E-state index contributed by atoms with van der Waals surface area (Å²) in [5.74, 6) is -0.509. The van der Waals surface area contributed by atoms with Gasteiger partial charge in [-0.2, -0.15) is 5.10 Å². The molecule has 3 N–H and O–H groups in total. The van der Waals surface area contributed by atoms with Crippen LogP contribution in [-0.4, -0.2) is 63.9 Å². The summed E-state index contributed by atoms with van der Waals surface area (Å²) in [6.45, 7) is 16.8. The summed E-state index contributed by atoms with van der Waals surface area (Å²) in [7, 11) is -1.98. The second-order valence-corrected chi connectivity index (χ2v) is 15.5. The second-order valence-electron chi connectivity index (χ2n) is 10.7. The monoisotopic (exact) mass is 465 g/mol. The zero-order chi connectivity index (χ0) is 23.6. The van der Waals surface area contributed by atoms with Gasteiger partial charge in [0.1, 0.15) is 36.2 Å². The van der Waals surface area contributed by atoms with Gasteiger partial charge in [-0.05, 0) is 38.9 Å². The molecule has 32 heavy (non-hydrogen) atoms. The lowest BCUT2D eigenvalue weighted by molar-refractivity contribution is -0.200. The van der Waals surface area contributed by atoms with Crippen LogP contribution in [0.25, 0.3) is 11.0 Å². The number of aliphatic hydroxyl groups is 1. The first-order chi connectivity index (χ1) is 14.7. The Hall–Kier alpha value is -1.63. The van der Waals surface area contributed by atoms with E-state index in [1.807, 2.05) is 13.8 Å². The first-order valence-electron chi connectivity index (χ1n) is 11.0. The molecule has 0 saturated carbocycles. The highest BCUT2D eigenvalue weighted by Gasteiger charge is 2.57. The number of nitrogens with zero attached hydrogens (tertiary/aromatic N) is 4. The van der Waals surface area contributed by atoms with Crippen molar-refractivity contribution in [1.29, 1.82) is 0 Å². The standard InChI is InChI=1S/C21H35N5O5Si/c1-11(27)14-13-17(22)23-10-24-18(13)26(25-14)19-16-15(30-21(5,6)31-16)12(29-19)9-28-32(7,8)20(2,3)4/h10-12,15-16,19,27H,9H2,1-8H3,(H2,22,23,24)/t11?,12-,15-,16-,19-/m1/s1. The molecule has 2 aliphatic rings. The fraction of sp³-hybridized carbons (Fsp3) is 0.762. The fourth-order valence-corrected chi connectivity index (χ4v) is 5.00. The van der Waals surface area contributed by atoms with Crippen LogP contribution in [0, 0.1) is 0 Å². The van der Waals surface area contributed by atoms with Gasteiger partial charge in [0, 0.05) is 0 Å². The summed E-state index contributed by atoms with van der Waals surface area (Å²) < 4.78 is 26.9. The summed E-state index contributed by atoms with van der Waals surface area (Å²) in [4.78, 5) is 8.44. The molecule has 0 aromatic carbocycles. The molecule has 10 nitrogen and oxygen atoms in total. The van der Waals surface area contributed by atoms with Crippen LogP contribution in [0.3, 0.4) is 0 Å². The number of aliphatic hydroxyl groups excluding tert-OH is 1. The largest absolute Gasteiger partial charge is 0.414 e. The molecule has 0 radical (unpaired) electrons. The molecule has 2 saturated heterocycles. The Morgan fingerprint density at radius 1 is 1.25 bits per heavy atom. The Labute approximate surface area is 189 Å². The number of fused-ring (bicyclic) bond motifs is 2. The number of anilines is 1. The van der Waals surface area contributed by atoms with Crippen LogP contribution in [0.5, 0.6) is 0 Å². The molecular weight excluding hydrogens is 430 g/mol. The smallest absolute Gasteiger partial charge is 0.192 e. The topological polar surface area (TPSA) is 127 Å². The van der Waals surface area contributed by atoms with Gasteiger partial charge in [-0.1, -0.05) is 20.8 Å². The Morgan fingerprint density at radius 3 is 2.53 bits per heavy atom. The van der Waals surface area contributed by atoms with Crippen molar-refractivity contribution >= 4 is 25.2 Å². The predicted octanol–water partition coefficient (Wildman–Crippen LogP) is 2.90. The van der Waals surface area contributed by atoms with Gasteiger partial charge in [0.2, 0.25) is 0 Å². The van der Waals surface area contributed by atoms with E-state index in [2.05, 4.69) is 48.9 Å². The van der Waals surface area contributed by atoms with Crippen LogP contribution >= 0.6 is 0 Å². The third-order valence-corrected chi connectivity index (χ3v) is 11.2. The molecule has 4 heterocycles. The van der Waals surface area contributed by atoms with Gasteiger partial charge < -0.3 is 29.5 Å². The molecule has 0 spiro atoms. The summed E-state index contributed by atoms with van der Waals surface area (Å²) in [6.07, 6.45) is -1.16. The van der Waals surface area contributed by atoms with Crippen molar-refractivity contribution in [2.45, 2.75) is 96.1 Å². The molecule has 0 aliphatic carbocycles. The van der Waals surface area contributed by atoms with E-state index in [9.17, 15) is 5.11 Å². The Morgan fingerprint density at radius 2 is 1.91 bits per heavy atom. The summed E-state index contributed by atoms with van der Waals surface area (Å²) >= 11 is 0. The van der Waals surface area contributed by atoms with E-state index in [0.717, 1.165) is 0 Å². The number of rotatable bonds is 5. The zero-order valence-corrected chi connectivity index (χ0v) is 21.1. The number of hydrogen-bond donors (Lipinski definition) is 2. The van der Waals surface area contributed by atoms with E-state index in [1.165, 1.54) is 6.33 Å². The average Bonchev–Trinajstić information content (AvgIpc) is 3.28. The minimum Gasteiger partial charge on any atom is -0.414 e. The van der Waals surface area contributed by atoms with Gasteiger partial charge in [-0.15, -0.1) is 0 Å². The fourth-order valence-electron chi connectivity index (χ4n) is 3.99. The number of hydrogen-bond acceptors (Lipinski definition) is 9. The van der Waals surface area contributed by atoms with E-state index >= 15 is 0 Å². The minimum atomic E-state index is -1.98. The van der Waals surface area contributed by atoms with Crippen molar-refractivity contribution in [3.63, 3.8) is 0 Å². The maximum atomic E-state index is 10.3. The Bertz CT molecular complexity index is 1000. The molecule has 2 aliphatic heterocycles. The molecule has 178 valence electrons. The van der Waals surface area contributed by atoms with E-state index in [4.69, 9.17) is 24.4 Å². The summed E-state index contributed by atoms with van der Waals surface area (Å²) in [6, 6.07) is 0. The third kappa shape index (κ3) is 3.95. The van der Waals surface area contributed by atoms with Crippen molar-refractivity contribution in [1.82, 2.24) is 19.7 Å². The lowest BCUT2D eigenvalue weighted by Gasteiger charge is -2.37. The number of nitrogen functional groups attached to an aromatic ring is 1. The van der Waals surface area contributed by atoms with Gasteiger partial charge in [-0.3, -0.25) is 0 Å². The highest BCUT2D eigenvalue weighted by atomic mass is 28.4. The number of ether oxygens (including phenoxy) is 3. The zero-order valence-electron chi connectivity index (χ0n) is 20.1. The van der Waals surface area contributed by atoms with Crippen LogP contribution in [-0.2, 0) is 18.6 Å². The molecule has 1 unspecified atom stereocenters. The molecule has 0 amide bonds. The number of aromatic nitrogens is 4. The molecular formula is C21H35N5O5Si. The van der Waals surface area contributed by atoms with E-state index in [0.29, 0.717) is 23.3 Å². The van der Waals surface area contributed by atoms with Gasteiger partial charge in [0.15, 0.2) is 26.0 Å². The van der Waals surface area contributed by atoms with Crippen LogP contribution in [0.2, 0.25) is 18.1 Å². The van der Waals surface area contributed by atoms with Crippen LogP contribution in [0.1, 0.15) is 59.6 Å². The highest BCUT2D eigenvalue weighted by molar-refractivity contribution is 6.74. The maximum absolute atomic E-state index is 10.3. The Balaban J connectivity index is 1.69. The van der Waals surface area contributed by atoms with Crippen molar-refractivity contribution in [2.75, 3.05) is 12.3 Å². The Kier molecular flexibility index (Phi) is 5.67. The third-order valence-electron chi connectivity index (χ3n) is 6.72. The van der Waals surface area contributed by atoms with E-state index in [1.54, 1.807) is 11.6 Å². The van der Waals surface area contributed by atoms with Gasteiger partial charge in [0.25, 0.3) is 0 Å². The van der Waals surface area contributed by atoms with Crippen LogP contribution in [0.15, 0.2) is 6.33 Å². The molecule has 2 fully saturated rings. The lowest BCUT2D eigenvalue weighted by atomic mass is 10.1. The summed E-state index contributed by atoms with van der Waals surface area (Å²) in [5, 5.41) is 15.5. The van der Waals surface area contributed by atoms with Crippen molar-refractivity contribution in [3.05, 3.63) is 12.0 Å². The van der Waals surface area contributed by atoms with Crippen molar-refractivity contribution in [2.24, 2.45) is 0 Å². The quantitative estimate of drug-likeness (QED) is 0.641. The van der Waals surface area contributed by atoms with Crippen LogP contribution in [0.4, 0.5) is 5.82 Å². The van der Waals surface area contributed by atoms with Gasteiger partial charge in [0.05, 0.1) is 18.1 Å². The molecule has 2 aromatic heterocycles. The molecule has 5 atom stereocenters. The number of nitrogens with two attached hydrogens (primary N) is 1. The first-order valence-corrected chi connectivity index (χ1v) is 13.9. The van der Waals surface area contributed by atoms with Crippen LogP contribution < -0.4 is 5.73 Å². The highest BCUT2D eigenvalue weighted by Crippen LogP contribution is 2.45. The normalized spacial score (nSPS) is 28.9. The summed E-state index contributed by atoms with van der Waals surface area (Å²) in [5.41, 5.74) is 6.98. The van der Waals surface area contributed by atoms with Crippen molar-refractivity contribution < 1.29 is 23.7 Å². The van der Waals surface area contributed by atoms with Crippen molar-refractivity contribution in [3.8, 4) is 0 Å². The average molecular weight is 466 g/mol. The van der Waals surface area contributed by atoms with E-state index in [-0.39, 0.29) is 23.1 Å². The minimum absolute atomic E-state index is 0.0789. The molecule has 4 rings (SSSR count). The predicted molar refractivity (Wildman–Crippen MR) is 121 cm³/mol. The molecule has 11 heteroatoms. The first kappa shape index (κ1) is 23.5. The second kappa shape index (κ2) is 7.71. The van der Waals surface area contributed by atoms with Gasteiger partial charge in [-0.25, -0.2) is 14.6 Å². The van der Waals surface area contributed by atoms with E-state index < -0.39 is 32.5 Å². The van der Waals surface area contributed by atoms with Gasteiger partial charge >= 0.3 is 0 Å². The maximum Gasteiger partial charge on any atom is 0.192 e. The molecule has 2 aromatic rings. The molecule has 0 bridgehead atoms. The SMILES string of the molecule is CC(O)c1nn([C@@H]2O[C@H](CO[Si](C)(C)C(C)(C)C)[C@H]3OC(C)(C)O[C@H]32)c2ncnc(N)c12. The lowest BCUT2D eigenvalue weighted by Crippen LogP contribution is -2.44.